The van der Waals surface area contributed by atoms with Crippen LogP contribution in [0, 0.1) is 23.7 Å². The molecular formula is C28H22O7. The lowest BCUT2D eigenvalue weighted by Crippen LogP contribution is -2.04. The highest BCUT2D eigenvalue weighted by molar-refractivity contribution is 5.92. The molecule has 176 valence electrons. The summed E-state index contributed by atoms with van der Waals surface area (Å²) in [6, 6.07) is 14.1. The molecule has 0 spiro atoms. The minimum atomic E-state index is -0.484. The van der Waals surface area contributed by atoms with Crippen LogP contribution in [0.5, 0.6) is 28.7 Å². The molecule has 35 heavy (non-hydrogen) atoms. The molecule has 0 fully saturated rings. The fourth-order valence-corrected chi connectivity index (χ4v) is 3.39. The number of rotatable bonds is 4. The number of carbonyl (C=O) groups is 1. The zero-order valence-corrected chi connectivity index (χ0v) is 19.7. The molecule has 0 N–H and O–H groups in total. The molecule has 0 bridgehead atoms. The number of hydrogen-bond acceptors (Lipinski definition) is 7. The summed E-state index contributed by atoms with van der Waals surface area (Å²) in [6.07, 6.45) is 0. The van der Waals surface area contributed by atoms with Gasteiger partial charge in [-0.05, 0) is 36.4 Å². The van der Waals surface area contributed by atoms with Crippen LogP contribution in [0.3, 0.4) is 0 Å². The summed E-state index contributed by atoms with van der Waals surface area (Å²) in [5, 5.41) is 0. The standard InChI is InChI=1S/C28H22O7/c1-30-24-13-18(7-11-22(24)28(29)33-4)5-9-20-15-25(31-2)26(32-3)16-21(20)10-6-19-8-12-23-27(14-19)35-17-34-23/h7-8,11-16H,17H2,1-4H3. The zero-order valence-electron chi connectivity index (χ0n) is 19.7. The molecule has 3 aromatic carbocycles. The highest BCUT2D eigenvalue weighted by atomic mass is 16.7. The Morgan fingerprint density at radius 3 is 1.86 bits per heavy atom. The van der Waals surface area contributed by atoms with Crippen LogP contribution in [0.25, 0.3) is 0 Å². The Kier molecular flexibility index (Phi) is 6.99. The molecule has 0 radical (unpaired) electrons. The van der Waals surface area contributed by atoms with E-state index in [9.17, 15) is 4.79 Å². The fraction of sp³-hybridized carbons (Fsp3) is 0.179. The lowest BCUT2D eigenvalue weighted by molar-refractivity contribution is 0.0597. The van der Waals surface area contributed by atoms with E-state index in [1.54, 1.807) is 44.6 Å². The molecule has 0 unspecified atom stereocenters. The van der Waals surface area contributed by atoms with Crippen molar-refractivity contribution in [1.82, 2.24) is 0 Å². The lowest BCUT2D eigenvalue weighted by Gasteiger charge is -2.09. The Labute approximate surface area is 203 Å². The van der Waals surface area contributed by atoms with Gasteiger partial charge in [-0.2, -0.15) is 0 Å². The normalized spacial score (nSPS) is 10.9. The Morgan fingerprint density at radius 2 is 1.26 bits per heavy atom. The molecule has 1 aliphatic rings. The van der Waals surface area contributed by atoms with E-state index in [0.29, 0.717) is 51.0 Å². The molecule has 0 atom stereocenters. The summed E-state index contributed by atoms with van der Waals surface area (Å²) in [6.45, 7) is 0.201. The van der Waals surface area contributed by atoms with Gasteiger partial charge in [0.05, 0.1) is 28.4 Å². The second-order valence-electron chi connectivity index (χ2n) is 7.23. The van der Waals surface area contributed by atoms with Crippen molar-refractivity contribution in [3.63, 3.8) is 0 Å². The smallest absolute Gasteiger partial charge is 0.341 e. The van der Waals surface area contributed by atoms with Crippen LogP contribution < -0.4 is 23.7 Å². The van der Waals surface area contributed by atoms with E-state index >= 15 is 0 Å². The van der Waals surface area contributed by atoms with Gasteiger partial charge in [-0.3, -0.25) is 0 Å². The zero-order chi connectivity index (χ0) is 24.8. The maximum Gasteiger partial charge on any atom is 0.341 e. The summed E-state index contributed by atoms with van der Waals surface area (Å²) in [7, 11) is 5.92. The first-order valence-electron chi connectivity index (χ1n) is 10.5. The van der Waals surface area contributed by atoms with E-state index in [2.05, 4.69) is 23.7 Å². The largest absolute Gasteiger partial charge is 0.496 e. The van der Waals surface area contributed by atoms with Crippen LogP contribution in [-0.2, 0) is 4.74 Å². The average molecular weight is 470 g/mol. The van der Waals surface area contributed by atoms with Crippen molar-refractivity contribution < 1.29 is 33.2 Å². The quantitative estimate of drug-likeness (QED) is 0.421. The van der Waals surface area contributed by atoms with Gasteiger partial charge >= 0.3 is 5.97 Å². The van der Waals surface area contributed by atoms with Crippen LogP contribution >= 0.6 is 0 Å². The third-order valence-corrected chi connectivity index (χ3v) is 5.19. The van der Waals surface area contributed by atoms with Gasteiger partial charge in [-0.15, -0.1) is 0 Å². The predicted octanol–water partition coefficient (Wildman–Crippen LogP) is 4.03. The molecule has 4 rings (SSSR count). The number of hydrogen-bond donors (Lipinski definition) is 0. The number of fused-ring (bicyclic) bond motifs is 1. The first-order chi connectivity index (χ1) is 17.1. The van der Waals surface area contributed by atoms with E-state index in [0.717, 1.165) is 5.56 Å². The SMILES string of the molecule is COC(=O)c1ccc(C#Cc2cc(OC)c(OC)cc2C#Cc2ccc3c(c2)OCO3)cc1OC. The topological polar surface area (TPSA) is 72.5 Å². The van der Waals surface area contributed by atoms with Crippen LogP contribution in [-0.4, -0.2) is 41.2 Å². The molecule has 0 aromatic heterocycles. The third kappa shape index (κ3) is 5.10. The van der Waals surface area contributed by atoms with Gasteiger partial charge in [0.1, 0.15) is 11.3 Å². The van der Waals surface area contributed by atoms with Gasteiger partial charge in [-0.1, -0.05) is 23.7 Å². The Morgan fingerprint density at radius 1 is 0.686 bits per heavy atom. The van der Waals surface area contributed by atoms with Gasteiger partial charge in [-0.25, -0.2) is 4.79 Å². The summed E-state index contributed by atoms with van der Waals surface area (Å²) in [5.74, 6) is 14.9. The Balaban J connectivity index is 1.73. The molecule has 1 aliphatic heterocycles. The van der Waals surface area contributed by atoms with Gasteiger partial charge < -0.3 is 28.4 Å². The van der Waals surface area contributed by atoms with E-state index in [1.165, 1.54) is 14.2 Å². The van der Waals surface area contributed by atoms with Crippen molar-refractivity contribution in [2.45, 2.75) is 0 Å². The van der Waals surface area contributed by atoms with Crippen molar-refractivity contribution in [2.75, 3.05) is 35.2 Å². The average Bonchev–Trinajstić information content (AvgIpc) is 3.37. The highest BCUT2D eigenvalue weighted by Gasteiger charge is 2.14. The minimum absolute atomic E-state index is 0.201. The second kappa shape index (κ2) is 10.5. The van der Waals surface area contributed by atoms with Crippen molar-refractivity contribution in [3.05, 3.63) is 76.3 Å². The molecule has 7 nitrogen and oxygen atoms in total. The molecule has 0 aliphatic carbocycles. The summed E-state index contributed by atoms with van der Waals surface area (Å²) < 4.78 is 31.8. The van der Waals surface area contributed by atoms with Gasteiger partial charge in [0.15, 0.2) is 23.0 Å². The molecular weight excluding hydrogens is 448 g/mol. The summed E-state index contributed by atoms with van der Waals surface area (Å²) in [4.78, 5) is 11.9. The first kappa shape index (κ1) is 23.4. The molecule has 0 amide bonds. The van der Waals surface area contributed by atoms with E-state index in [-0.39, 0.29) is 6.79 Å². The van der Waals surface area contributed by atoms with Crippen molar-refractivity contribution in [2.24, 2.45) is 0 Å². The van der Waals surface area contributed by atoms with Crippen LogP contribution in [0.15, 0.2) is 48.5 Å². The van der Waals surface area contributed by atoms with Crippen molar-refractivity contribution >= 4 is 5.97 Å². The van der Waals surface area contributed by atoms with Crippen LogP contribution in [0.2, 0.25) is 0 Å². The maximum atomic E-state index is 11.9. The van der Waals surface area contributed by atoms with E-state index < -0.39 is 5.97 Å². The van der Waals surface area contributed by atoms with Crippen LogP contribution in [0.4, 0.5) is 0 Å². The third-order valence-electron chi connectivity index (χ3n) is 5.19. The molecule has 1 heterocycles. The number of benzene rings is 3. The number of carbonyl (C=O) groups excluding carboxylic acids is 1. The lowest BCUT2D eigenvalue weighted by atomic mass is 10.0. The first-order valence-corrected chi connectivity index (χ1v) is 10.5. The number of ether oxygens (including phenoxy) is 6. The van der Waals surface area contributed by atoms with Gasteiger partial charge in [0, 0.05) is 34.4 Å². The number of esters is 1. The minimum Gasteiger partial charge on any atom is -0.496 e. The molecule has 0 saturated carbocycles. The summed E-state index contributed by atoms with van der Waals surface area (Å²) >= 11 is 0. The number of methoxy groups -OCH3 is 4. The molecule has 3 aromatic rings. The Hall–Kier alpha value is -4.75. The fourth-order valence-electron chi connectivity index (χ4n) is 3.39. The predicted molar refractivity (Wildman–Crippen MR) is 128 cm³/mol. The second-order valence-corrected chi connectivity index (χ2v) is 7.23. The van der Waals surface area contributed by atoms with Crippen LogP contribution in [0.1, 0.15) is 32.6 Å². The molecule has 7 heteroatoms. The molecule has 0 saturated heterocycles. The maximum absolute atomic E-state index is 11.9. The van der Waals surface area contributed by atoms with Gasteiger partial charge in [0.2, 0.25) is 6.79 Å². The van der Waals surface area contributed by atoms with Gasteiger partial charge in [0.25, 0.3) is 0 Å². The van der Waals surface area contributed by atoms with E-state index in [4.69, 9.17) is 28.4 Å². The van der Waals surface area contributed by atoms with E-state index in [1.807, 2.05) is 18.2 Å². The van der Waals surface area contributed by atoms with Crippen molar-refractivity contribution in [3.8, 4) is 52.4 Å². The Bertz CT molecular complexity index is 1400. The summed E-state index contributed by atoms with van der Waals surface area (Å²) in [5.41, 5.74) is 3.05. The van der Waals surface area contributed by atoms with Crippen molar-refractivity contribution in [1.29, 1.82) is 0 Å². The highest BCUT2D eigenvalue weighted by Crippen LogP contribution is 2.33. The monoisotopic (exact) mass is 470 g/mol.